The number of nitrogens with zero attached hydrogens (tertiary/aromatic N) is 2. The second kappa shape index (κ2) is 10.9. The van der Waals surface area contributed by atoms with Gasteiger partial charge in [-0.2, -0.15) is 0 Å². The van der Waals surface area contributed by atoms with Crippen LogP contribution in [-0.4, -0.2) is 41.8 Å². The van der Waals surface area contributed by atoms with Crippen LogP contribution in [0.3, 0.4) is 0 Å². The summed E-state index contributed by atoms with van der Waals surface area (Å²) in [5.74, 6) is 0.411. The van der Waals surface area contributed by atoms with E-state index >= 15 is 0 Å². The van der Waals surface area contributed by atoms with Gasteiger partial charge >= 0.3 is 5.97 Å². The molecule has 2 heterocycles. The van der Waals surface area contributed by atoms with Crippen LogP contribution in [-0.2, 0) is 20.8 Å². The first-order valence-electron chi connectivity index (χ1n) is 10.7. The van der Waals surface area contributed by atoms with E-state index in [2.05, 4.69) is 10.3 Å². The summed E-state index contributed by atoms with van der Waals surface area (Å²) in [7, 11) is 1.51. The van der Waals surface area contributed by atoms with Gasteiger partial charge in [0, 0.05) is 12.8 Å². The molecule has 2 aromatic heterocycles. The van der Waals surface area contributed by atoms with Crippen molar-refractivity contribution in [3.05, 3.63) is 81.7 Å². The van der Waals surface area contributed by atoms with Crippen molar-refractivity contribution >= 4 is 39.1 Å². The Morgan fingerprint density at radius 3 is 2.46 bits per heavy atom. The van der Waals surface area contributed by atoms with E-state index in [4.69, 9.17) is 14.2 Å². The maximum atomic E-state index is 13.0. The molecule has 2 aromatic carbocycles. The van der Waals surface area contributed by atoms with Crippen molar-refractivity contribution in [2.24, 2.45) is 0 Å². The molecule has 1 N–H and O–H groups in total. The predicted octanol–water partition coefficient (Wildman–Crippen LogP) is 4.00. The Bertz CT molecular complexity index is 1400. The van der Waals surface area contributed by atoms with E-state index in [0.29, 0.717) is 37.8 Å². The lowest BCUT2D eigenvalue weighted by Gasteiger charge is -2.09. The fourth-order valence-corrected chi connectivity index (χ4v) is 4.37. The minimum absolute atomic E-state index is 0.111. The third-order valence-electron chi connectivity index (χ3n) is 5.05. The summed E-state index contributed by atoms with van der Waals surface area (Å²) in [4.78, 5) is 42.9. The zero-order chi connectivity index (χ0) is 24.8. The molecule has 4 aromatic rings. The lowest BCUT2D eigenvalue weighted by Crippen LogP contribution is -2.27. The maximum absolute atomic E-state index is 13.0. The quantitative estimate of drug-likeness (QED) is 0.277. The zero-order valence-corrected chi connectivity index (χ0v) is 20.0. The van der Waals surface area contributed by atoms with E-state index in [0.717, 1.165) is 11.3 Å². The highest BCUT2D eigenvalue weighted by Gasteiger charge is 2.21. The van der Waals surface area contributed by atoms with Crippen LogP contribution in [0, 0.1) is 6.92 Å². The molecule has 9 nitrogen and oxygen atoms in total. The van der Waals surface area contributed by atoms with Gasteiger partial charge in [-0.05, 0) is 48.9 Å². The molecule has 0 atom stereocenters. The van der Waals surface area contributed by atoms with Gasteiger partial charge in [0.2, 0.25) is 5.91 Å². The molecular formula is C25H23N3O6S. The number of methoxy groups -OCH3 is 1. The molecule has 35 heavy (non-hydrogen) atoms. The monoisotopic (exact) mass is 493 g/mol. The number of aryl methyl sites for hydroxylation is 1. The van der Waals surface area contributed by atoms with Crippen molar-refractivity contribution in [1.82, 2.24) is 9.55 Å². The number of benzene rings is 2. The van der Waals surface area contributed by atoms with E-state index in [9.17, 15) is 14.4 Å². The number of hydrogen-bond acceptors (Lipinski definition) is 8. The Morgan fingerprint density at radius 2 is 1.74 bits per heavy atom. The minimum atomic E-state index is -0.536. The molecule has 0 saturated carbocycles. The number of amides is 1. The number of para-hydroxylation sites is 1. The van der Waals surface area contributed by atoms with Crippen molar-refractivity contribution in [2.75, 3.05) is 25.6 Å². The fourth-order valence-electron chi connectivity index (χ4n) is 3.34. The third kappa shape index (κ3) is 5.73. The van der Waals surface area contributed by atoms with Crippen LogP contribution in [0.5, 0.6) is 11.5 Å². The number of nitrogens with one attached hydrogen (secondary N) is 1. The van der Waals surface area contributed by atoms with Gasteiger partial charge in [0.25, 0.3) is 5.56 Å². The number of carbonyl (C=O) groups excluding carboxylic acids is 2. The molecule has 0 bridgehead atoms. The largest absolute Gasteiger partial charge is 0.459 e. The van der Waals surface area contributed by atoms with E-state index < -0.39 is 17.4 Å². The average molecular weight is 494 g/mol. The summed E-state index contributed by atoms with van der Waals surface area (Å²) < 4.78 is 17.0. The average Bonchev–Trinajstić information content (AvgIpc) is 3.20. The smallest absolute Gasteiger partial charge is 0.348 e. The van der Waals surface area contributed by atoms with E-state index in [-0.39, 0.29) is 19.8 Å². The zero-order valence-electron chi connectivity index (χ0n) is 19.1. The number of hydrogen-bond donors (Lipinski definition) is 1. The first-order chi connectivity index (χ1) is 17.0. The molecule has 0 spiro atoms. The summed E-state index contributed by atoms with van der Waals surface area (Å²) in [5, 5.41) is 3.06. The first-order valence-corrected chi connectivity index (χ1v) is 11.6. The highest BCUT2D eigenvalue weighted by atomic mass is 32.1. The van der Waals surface area contributed by atoms with Gasteiger partial charge in [0.05, 0.1) is 18.3 Å². The molecule has 1 amide bonds. The van der Waals surface area contributed by atoms with Crippen LogP contribution in [0.25, 0.3) is 10.2 Å². The highest BCUT2D eigenvalue weighted by molar-refractivity contribution is 7.20. The van der Waals surface area contributed by atoms with Crippen LogP contribution < -0.4 is 15.6 Å². The number of aromatic nitrogens is 2. The van der Waals surface area contributed by atoms with Crippen LogP contribution >= 0.6 is 11.3 Å². The number of carbonyl (C=O) groups is 2. The van der Waals surface area contributed by atoms with Crippen molar-refractivity contribution in [2.45, 2.75) is 13.5 Å². The number of anilines is 1. The minimum Gasteiger partial charge on any atom is -0.459 e. The van der Waals surface area contributed by atoms with Gasteiger partial charge in [-0.15, -0.1) is 11.3 Å². The molecule has 0 aliphatic carbocycles. The number of esters is 1. The van der Waals surface area contributed by atoms with Gasteiger partial charge < -0.3 is 19.5 Å². The summed E-state index contributed by atoms with van der Waals surface area (Å²) in [6.07, 6.45) is 1.30. The van der Waals surface area contributed by atoms with Crippen LogP contribution in [0.1, 0.15) is 15.2 Å². The number of ether oxygens (including phenoxy) is 3. The Labute approximate surface area is 204 Å². The Balaban J connectivity index is 1.44. The van der Waals surface area contributed by atoms with Crippen LogP contribution in [0.15, 0.2) is 65.7 Å². The molecule has 180 valence electrons. The number of thiophene rings is 1. The van der Waals surface area contributed by atoms with Gasteiger partial charge in [-0.25, -0.2) is 9.78 Å². The summed E-state index contributed by atoms with van der Waals surface area (Å²) in [5.41, 5.74) is 0.639. The molecule has 4 rings (SSSR count). The van der Waals surface area contributed by atoms with Crippen LogP contribution in [0.4, 0.5) is 5.69 Å². The Kier molecular flexibility index (Phi) is 7.54. The fraction of sp³-hybridized carbons (Fsp3) is 0.200. The number of fused-ring (bicyclic) bond motifs is 1. The Hall–Kier alpha value is -4.02. The molecule has 0 unspecified atom stereocenters. The van der Waals surface area contributed by atoms with Crippen LogP contribution in [0.2, 0.25) is 0 Å². The molecule has 0 aliphatic heterocycles. The lowest BCUT2D eigenvalue weighted by molar-refractivity contribution is -0.116. The molecule has 0 radical (unpaired) electrons. The molecule has 0 aliphatic rings. The molecular weight excluding hydrogens is 470 g/mol. The highest BCUT2D eigenvalue weighted by Crippen LogP contribution is 2.27. The van der Waals surface area contributed by atoms with Crippen molar-refractivity contribution in [3.8, 4) is 11.5 Å². The van der Waals surface area contributed by atoms with Gasteiger partial charge in [-0.3, -0.25) is 14.2 Å². The SMILES string of the molecule is COCCOC(=O)c1sc2ncn(CC(=O)Nc3ccc(Oc4ccccc4)cc3)c(=O)c2c1C. The second-order valence-electron chi connectivity index (χ2n) is 7.53. The standard InChI is InChI=1S/C25H23N3O6S/c1-16-21-23(35-22(16)25(31)33-13-12-32-2)26-15-28(24(21)30)14-20(29)27-17-8-10-19(11-9-17)34-18-6-4-3-5-7-18/h3-11,15H,12-14H2,1-2H3,(H,27,29). The Morgan fingerprint density at radius 1 is 1.03 bits per heavy atom. The van der Waals surface area contributed by atoms with Gasteiger partial charge in [0.1, 0.15) is 34.4 Å². The molecule has 0 saturated heterocycles. The van der Waals surface area contributed by atoms with Gasteiger partial charge in [0.15, 0.2) is 0 Å². The summed E-state index contributed by atoms with van der Waals surface area (Å²) >= 11 is 1.08. The van der Waals surface area contributed by atoms with Crippen molar-refractivity contribution in [3.63, 3.8) is 0 Å². The van der Waals surface area contributed by atoms with Crippen molar-refractivity contribution < 1.29 is 23.8 Å². The third-order valence-corrected chi connectivity index (χ3v) is 6.23. The number of rotatable bonds is 9. The maximum Gasteiger partial charge on any atom is 0.348 e. The normalized spacial score (nSPS) is 10.8. The second-order valence-corrected chi connectivity index (χ2v) is 8.53. The molecule has 0 fully saturated rings. The van der Waals surface area contributed by atoms with E-state index in [1.54, 1.807) is 31.2 Å². The predicted molar refractivity (Wildman–Crippen MR) is 132 cm³/mol. The summed E-state index contributed by atoms with van der Waals surface area (Å²) in [6, 6.07) is 16.3. The van der Waals surface area contributed by atoms with Gasteiger partial charge in [-0.1, -0.05) is 18.2 Å². The van der Waals surface area contributed by atoms with Crippen molar-refractivity contribution in [1.29, 1.82) is 0 Å². The lowest BCUT2D eigenvalue weighted by atomic mass is 10.2. The first kappa shape index (κ1) is 24.1. The molecule has 10 heteroatoms. The van der Waals surface area contributed by atoms with E-state index in [1.165, 1.54) is 18.0 Å². The summed E-state index contributed by atoms with van der Waals surface area (Å²) in [6.45, 7) is 1.82. The topological polar surface area (TPSA) is 109 Å². The van der Waals surface area contributed by atoms with E-state index in [1.807, 2.05) is 30.3 Å².